The second kappa shape index (κ2) is 15.7. The minimum absolute atomic E-state index is 0.0296. The number of hydrogen-bond donors (Lipinski definition) is 1. The SMILES string of the molecule is CCC[CH2][Sn]1([CH2]CCC)[O][C@@H]2[C@H](CN(CC(CC)CC)C(CO[Si](c3ccccc3)(c3ccccc3)C(C)(C)C)[C@H]2O)[O]1. The van der Waals surface area contributed by atoms with Crippen LogP contribution in [0.5, 0.6) is 0 Å². The van der Waals surface area contributed by atoms with Gasteiger partial charge in [0, 0.05) is 0 Å². The summed E-state index contributed by atoms with van der Waals surface area (Å²) in [4.78, 5) is 2.52. The topological polar surface area (TPSA) is 51.2 Å². The zero-order valence-corrected chi connectivity index (χ0v) is 31.9. The normalized spacial score (nSPS) is 24.4. The third-order valence-corrected chi connectivity index (χ3v) is 25.5. The molecular formula is C36H59NO4SiSn. The standard InChI is InChI=1S/C28H41NO4Si.2C4H9.Sn/c1-6-21(7-2)18-29-19-25(30)27(32)26(31)24(29)20-33-34(28(3,4)5,22-14-10-8-11-15-22)23-16-12-9-13-17-23;2*1-3-4-2;/h8-17,21,24-27,31H,6-7,18-20H2,1-5H3;2*1,3-4H2,2H3;/q-2;;;+2/t24?,25-,26+,27+;;;/m0.../s1. The summed E-state index contributed by atoms with van der Waals surface area (Å²) in [5.41, 5.74) is 0. The molecule has 0 bridgehead atoms. The van der Waals surface area contributed by atoms with E-state index < -0.39 is 33.6 Å². The Kier molecular flexibility index (Phi) is 12.8. The summed E-state index contributed by atoms with van der Waals surface area (Å²) in [6.07, 6.45) is 6.00. The van der Waals surface area contributed by atoms with Crippen molar-refractivity contribution in [2.45, 2.75) is 125 Å². The van der Waals surface area contributed by atoms with Gasteiger partial charge in [0.15, 0.2) is 0 Å². The fraction of sp³-hybridized carbons (Fsp3) is 0.667. The molecule has 0 aliphatic carbocycles. The zero-order valence-electron chi connectivity index (χ0n) is 28.1. The van der Waals surface area contributed by atoms with Gasteiger partial charge >= 0.3 is 270 Å². The molecule has 0 radical (unpaired) electrons. The summed E-state index contributed by atoms with van der Waals surface area (Å²) in [5, 5.41) is 14.7. The summed E-state index contributed by atoms with van der Waals surface area (Å²) in [5.74, 6) is 0.579. The van der Waals surface area contributed by atoms with E-state index in [0.29, 0.717) is 12.5 Å². The first-order chi connectivity index (χ1) is 20.6. The summed E-state index contributed by atoms with van der Waals surface area (Å²) >= 11 is -3.29. The van der Waals surface area contributed by atoms with Crippen molar-refractivity contribution in [3.8, 4) is 0 Å². The average molecular weight is 717 g/mol. The molecule has 1 unspecified atom stereocenters. The van der Waals surface area contributed by atoms with Crippen LogP contribution >= 0.6 is 0 Å². The quantitative estimate of drug-likeness (QED) is 0.204. The molecule has 4 rings (SSSR count). The number of likely N-dealkylation sites (tertiary alicyclic amines) is 1. The van der Waals surface area contributed by atoms with Gasteiger partial charge in [-0.1, -0.05) is 0 Å². The van der Waals surface area contributed by atoms with Gasteiger partial charge in [0.05, 0.1) is 0 Å². The molecule has 0 saturated carbocycles. The second-order valence-corrected chi connectivity index (χ2v) is 27.7. The van der Waals surface area contributed by atoms with Gasteiger partial charge in [-0.15, -0.1) is 0 Å². The van der Waals surface area contributed by atoms with Gasteiger partial charge < -0.3 is 0 Å². The Morgan fingerprint density at radius 2 is 1.42 bits per heavy atom. The van der Waals surface area contributed by atoms with Crippen LogP contribution in [0.4, 0.5) is 0 Å². The Balaban J connectivity index is 1.70. The number of hydrogen-bond acceptors (Lipinski definition) is 5. The third kappa shape index (κ3) is 7.80. The van der Waals surface area contributed by atoms with Crippen LogP contribution in [-0.2, 0) is 10.6 Å². The molecule has 2 heterocycles. The van der Waals surface area contributed by atoms with Crippen molar-refractivity contribution in [2.24, 2.45) is 5.92 Å². The van der Waals surface area contributed by atoms with Crippen molar-refractivity contribution in [1.82, 2.24) is 4.90 Å². The van der Waals surface area contributed by atoms with E-state index in [-0.39, 0.29) is 23.3 Å². The molecule has 240 valence electrons. The molecule has 5 nitrogen and oxygen atoms in total. The fourth-order valence-electron chi connectivity index (χ4n) is 7.44. The fourth-order valence-corrected chi connectivity index (χ4v) is 23.7. The van der Waals surface area contributed by atoms with Gasteiger partial charge in [-0.2, -0.15) is 0 Å². The van der Waals surface area contributed by atoms with Gasteiger partial charge in [-0.25, -0.2) is 0 Å². The van der Waals surface area contributed by atoms with E-state index in [1.165, 1.54) is 10.4 Å². The number of aliphatic hydroxyl groups is 1. The maximum absolute atomic E-state index is 12.2. The second-order valence-electron chi connectivity index (χ2n) is 14.0. The molecule has 0 aromatic heterocycles. The van der Waals surface area contributed by atoms with Crippen molar-refractivity contribution in [2.75, 3.05) is 19.7 Å². The molecule has 2 aliphatic rings. The number of rotatable bonds is 15. The summed E-state index contributed by atoms with van der Waals surface area (Å²) in [6.45, 7) is 18.3. The van der Waals surface area contributed by atoms with Crippen LogP contribution in [0.2, 0.25) is 13.9 Å². The average Bonchev–Trinajstić information content (AvgIpc) is 3.38. The first kappa shape index (κ1) is 35.1. The molecule has 2 aromatic rings. The Labute approximate surface area is 268 Å². The van der Waals surface area contributed by atoms with Gasteiger partial charge in [-0.3, -0.25) is 0 Å². The van der Waals surface area contributed by atoms with Crippen molar-refractivity contribution >= 4 is 37.9 Å². The molecule has 7 heteroatoms. The van der Waals surface area contributed by atoms with E-state index >= 15 is 0 Å². The van der Waals surface area contributed by atoms with E-state index in [9.17, 15) is 5.11 Å². The predicted octanol–water partition coefficient (Wildman–Crippen LogP) is 6.87. The van der Waals surface area contributed by atoms with Crippen LogP contribution in [0.3, 0.4) is 0 Å². The summed E-state index contributed by atoms with van der Waals surface area (Å²) in [6, 6.07) is 21.6. The third-order valence-electron chi connectivity index (χ3n) is 10.1. The minimum atomic E-state index is -3.29. The monoisotopic (exact) mass is 717 g/mol. The van der Waals surface area contributed by atoms with Crippen molar-refractivity contribution in [3.05, 3.63) is 60.7 Å². The van der Waals surface area contributed by atoms with E-state index in [4.69, 9.17) is 10.6 Å². The molecular weight excluding hydrogens is 657 g/mol. The summed E-state index contributed by atoms with van der Waals surface area (Å²) in [7, 11) is -2.74. The van der Waals surface area contributed by atoms with Gasteiger partial charge in [0.25, 0.3) is 0 Å². The van der Waals surface area contributed by atoms with Crippen molar-refractivity contribution < 1.29 is 15.7 Å². The Morgan fingerprint density at radius 3 is 1.88 bits per heavy atom. The van der Waals surface area contributed by atoms with Crippen LogP contribution in [0.1, 0.15) is 87.0 Å². The van der Waals surface area contributed by atoms with Gasteiger partial charge in [0.1, 0.15) is 0 Å². The Hall–Kier alpha value is -0.744. The van der Waals surface area contributed by atoms with Crippen LogP contribution < -0.4 is 10.4 Å². The number of aliphatic hydroxyl groups excluding tert-OH is 1. The van der Waals surface area contributed by atoms with E-state index in [1.54, 1.807) is 0 Å². The molecule has 0 amide bonds. The van der Waals surface area contributed by atoms with Crippen LogP contribution in [0, 0.1) is 5.92 Å². The molecule has 0 spiro atoms. The molecule has 2 aliphatic heterocycles. The number of fused-ring (bicyclic) bond motifs is 1. The molecule has 4 atom stereocenters. The number of nitrogens with zero attached hydrogens (tertiary/aromatic N) is 1. The van der Waals surface area contributed by atoms with Crippen LogP contribution in [0.25, 0.3) is 0 Å². The molecule has 2 aromatic carbocycles. The van der Waals surface area contributed by atoms with E-state index in [0.717, 1.165) is 60.5 Å². The summed E-state index contributed by atoms with van der Waals surface area (Å²) < 4.78 is 23.7. The zero-order chi connectivity index (χ0) is 31.1. The van der Waals surface area contributed by atoms with Gasteiger partial charge in [-0.05, 0) is 0 Å². The Morgan fingerprint density at radius 1 is 0.884 bits per heavy atom. The van der Waals surface area contributed by atoms with E-state index in [1.807, 2.05) is 0 Å². The van der Waals surface area contributed by atoms with Crippen molar-refractivity contribution in [1.29, 1.82) is 0 Å². The molecule has 2 saturated heterocycles. The van der Waals surface area contributed by atoms with Crippen LogP contribution in [0.15, 0.2) is 60.7 Å². The van der Waals surface area contributed by atoms with Gasteiger partial charge in [0.2, 0.25) is 0 Å². The molecule has 2 fully saturated rings. The first-order valence-corrected chi connectivity index (χ1v) is 25.4. The van der Waals surface area contributed by atoms with Crippen molar-refractivity contribution in [3.63, 3.8) is 0 Å². The first-order valence-electron chi connectivity index (χ1n) is 17.2. The number of unbranched alkanes of at least 4 members (excludes halogenated alkanes) is 2. The number of benzene rings is 2. The number of piperidine rings is 1. The maximum atomic E-state index is 12.2. The predicted molar refractivity (Wildman–Crippen MR) is 184 cm³/mol. The van der Waals surface area contributed by atoms with E-state index in [2.05, 4.69) is 114 Å². The molecule has 43 heavy (non-hydrogen) atoms. The Bertz CT molecular complexity index is 1050. The molecule has 1 N–H and O–H groups in total. The van der Waals surface area contributed by atoms with Crippen LogP contribution in [-0.4, -0.2) is 81.6 Å².